The van der Waals surface area contributed by atoms with Crippen molar-refractivity contribution in [2.75, 3.05) is 0 Å². The van der Waals surface area contributed by atoms with E-state index in [-0.39, 0.29) is 5.82 Å². The van der Waals surface area contributed by atoms with Gasteiger partial charge in [-0.15, -0.1) is 0 Å². The summed E-state index contributed by atoms with van der Waals surface area (Å²) in [5, 5.41) is 4.24. The van der Waals surface area contributed by atoms with Crippen LogP contribution in [-0.4, -0.2) is 9.78 Å². The summed E-state index contributed by atoms with van der Waals surface area (Å²) in [5.74, 6) is -0.252. The van der Waals surface area contributed by atoms with Crippen molar-refractivity contribution in [1.82, 2.24) is 9.78 Å². The van der Waals surface area contributed by atoms with Crippen molar-refractivity contribution in [2.45, 2.75) is 20.0 Å². The van der Waals surface area contributed by atoms with Gasteiger partial charge in [-0.2, -0.15) is 5.10 Å². The second kappa shape index (κ2) is 4.98. The van der Waals surface area contributed by atoms with Gasteiger partial charge >= 0.3 is 0 Å². The van der Waals surface area contributed by atoms with Crippen molar-refractivity contribution < 1.29 is 4.39 Å². The minimum absolute atomic E-state index is 0.252. The Morgan fingerprint density at radius 1 is 1.41 bits per heavy atom. The maximum Gasteiger partial charge on any atom is 0.124 e. The van der Waals surface area contributed by atoms with Crippen LogP contribution in [0.1, 0.15) is 16.8 Å². The molecule has 0 atom stereocenters. The summed E-state index contributed by atoms with van der Waals surface area (Å²) in [6.45, 7) is 2.98. The van der Waals surface area contributed by atoms with Crippen LogP contribution in [0.2, 0.25) is 0 Å². The Labute approximate surface area is 108 Å². The van der Waals surface area contributed by atoms with E-state index in [1.54, 1.807) is 6.20 Å². The number of hydrogen-bond donors (Lipinski definition) is 1. The Bertz CT molecular complexity index is 516. The summed E-state index contributed by atoms with van der Waals surface area (Å²) >= 11 is 3.27. The van der Waals surface area contributed by atoms with Crippen LogP contribution in [0.3, 0.4) is 0 Å². The van der Waals surface area contributed by atoms with Gasteiger partial charge in [-0.05, 0) is 30.7 Å². The Hall–Kier alpha value is -1.20. The minimum atomic E-state index is -0.252. The topological polar surface area (TPSA) is 43.8 Å². The lowest BCUT2D eigenvalue weighted by molar-refractivity contribution is 0.615. The predicted octanol–water partition coefficient (Wildman–Crippen LogP) is 2.60. The SMILES string of the molecule is Cc1c(CN)cnn1Cc1cc(F)cc(Br)c1. The maximum atomic E-state index is 13.2. The first-order valence-electron chi connectivity index (χ1n) is 5.26. The highest BCUT2D eigenvalue weighted by atomic mass is 79.9. The molecule has 1 aromatic carbocycles. The first-order chi connectivity index (χ1) is 8.10. The monoisotopic (exact) mass is 297 g/mol. The third-order valence-electron chi connectivity index (χ3n) is 2.68. The molecule has 0 saturated heterocycles. The van der Waals surface area contributed by atoms with E-state index in [1.165, 1.54) is 12.1 Å². The highest BCUT2D eigenvalue weighted by Gasteiger charge is 2.06. The number of benzene rings is 1. The second-order valence-corrected chi connectivity index (χ2v) is 4.81. The number of nitrogens with two attached hydrogens (primary N) is 1. The van der Waals surface area contributed by atoms with E-state index in [2.05, 4.69) is 21.0 Å². The number of halogens is 2. The summed E-state index contributed by atoms with van der Waals surface area (Å²) in [5.41, 5.74) is 8.49. The summed E-state index contributed by atoms with van der Waals surface area (Å²) in [7, 11) is 0. The van der Waals surface area contributed by atoms with Crippen molar-refractivity contribution in [2.24, 2.45) is 5.73 Å². The lowest BCUT2D eigenvalue weighted by Gasteiger charge is -2.06. The molecule has 0 amide bonds. The average Bonchev–Trinajstić information content (AvgIpc) is 2.58. The molecule has 0 saturated carbocycles. The van der Waals surface area contributed by atoms with E-state index in [9.17, 15) is 4.39 Å². The second-order valence-electron chi connectivity index (χ2n) is 3.89. The molecule has 0 aliphatic carbocycles. The van der Waals surface area contributed by atoms with Crippen molar-refractivity contribution >= 4 is 15.9 Å². The van der Waals surface area contributed by atoms with Gasteiger partial charge in [-0.1, -0.05) is 15.9 Å². The molecule has 90 valence electrons. The Morgan fingerprint density at radius 2 is 2.18 bits per heavy atom. The van der Waals surface area contributed by atoms with Crippen LogP contribution in [0.25, 0.3) is 0 Å². The predicted molar refractivity (Wildman–Crippen MR) is 68.1 cm³/mol. The Morgan fingerprint density at radius 3 is 2.76 bits per heavy atom. The van der Waals surface area contributed by atoms with Gasteiger partial charge in [0.15, 0.2) is 0 Å². The number of nitrogens with zero attached hydrogens (tertiary/aromatic N) is 2. The fourth-order valence-electron chi connectivity index (χ4n) is 1.72. The molecular weight excluding hydrogens is 285 g/mol. The quantitative estimate of drug-likeness (QED) is 0.946. The Kier molecular flexibility index (Phi) is 3.59. The number of rotatable bonds is 3. The molecule has 2 N–H and O–H groups in total. The van der Waals surface area contributed by atoms with Crippen LogP contribution in [-0.2, 0) is 13.1 Å². The molecule has 0 bridgehead atoms. The van der Waals surface area contributed by atoms with E-state index < -0.39 is 0 Å². The molecule has 3 nitrogen and oxygen atoms in total. The smallest absolute Gasteiger partial charge is 0.124 e. The third-order valence-corrected chi connectivity index (χ3v) is 3.14. The molecule has 2 rings (SSSR count). The minimum Gasteiger partial charge on any atom is -0.326 e. The first-order valence-corrected chi connectivity index (χ1v) is 6.06. The summed E-state index contributed by atoms with van der Waals surface area (Å²) in [6.07, 6.45) is 1.75. The molecule has 0 radical (unpaired) electrons. The number of aromatic nitrogens is 2. The van der Waals surface area contributed by atoms with E-state index in [4.69, 9.17) is 5.73 Å². The van der Waals surface area contributed by atoms with Gasteiger partial charge in [-0.3, -0.25) is 4.68 Å². The zero-order chi connectivity index (χ0) is 12.4. The van der Waals surface area contributed by atoms with Gasteiger partial charge < -0.3 is 5.73 Å². The first kappa shape index (κ1) is 12.3. The van der Waals surface area contributed by atoms with Gasteiger partial charge in [-0.25, -0.2) is 4.39 Å². The molecule has 2 aromatic rings. The molecule has 5 heteroatoms. The van der Waals surface area contributed by atoms with Crippen LogP contribution < -0.4 is 5.73 Å². The Balaban J connectivity index is 2.28. The zero-order valence-electron chi connectivity index (χ0n) is 9.45. The largest absolute Gasteiger partial charge is 0.326 e. The standard InChI is InChI=1S/C12H13BrFN3/c1-8-10(5-15)6-16-17(8)7-9-2-11(13)4-12(14)3-9/h2-4,6H,5,7,15H2,1H3. The van der Waals surface area contributed by atoms with Gasteiger partial charge in [0.2, 0.25) is 0 Å². The van der Waals surface area contributed by atoms with Gasteiger partial charge in [0, 0.05) is 22.3 Å². The maximum absolute atomic E-state index is 13.2. The van der Waals surface area contributed by atoms with Gasteiger partial charge in [0.25, 0.3) is 0 Å². The number of hydrogen-bond acceptors (Lipinski definition) is 2. The van der Waals surface area contributed by atoms with Crippen molar-refractivity contribution in [3.63, 3.8) is 0 Å². The van der Waals surface area contributed by atoms with Gasteiger partial charge in [0.05, 0.1) is 12.7 Å². The van der Waals surface area contributed by atoms with Crippen LogP contribution in [0.15, 0.2) is 28.9 Å². The van der Waals surface area contributed by atoms with E-state index in [0.717, 1.165) is 21.3 Å². The normalized spacial score (nSPS) is 10.8. The molecular formula is C12H13BrFN3. The fraction of sp³-hybridized carbons (Fsp3) is 0.250. The zero-order valence-corrected chi connectivity index (χ0v) is 11.0. The summed E-state index contributed by atoms with van der Waals surface area (Å²) in [4.78, 5) is 0. The van der Waals surface area contributed by atoms with Crippen LogP contribution >= 0.6 is 15.9 Å². The van der Waals surface area contributed by atoms with Crippen LogP contribution in [0, 0.1) is 12.7 Å². The summed E-state index contributed by atoms with van der Waals surface area (Å²) < 4.78 is 15.8. The molecule has 1 heterocycles. The molecule has 1 aromatic heterocycles. The highest BCUT2D eigenvalue weighted by Crippen LogP contribution is 2.16. The molecule has 0 spiro atoms. The van der Waals surface area contributed by atoms with Crippen molar-refractivity contribution in [3.8, 4) is 0 Å². The van der Waals surface area contributed by atoms with E-state index in [0.29, 0.717) is 13.1 Å². The molecule has 0 aliphatic heterocycles. The van der Waals surface area contributed by atoms with Crippen molar-refractivity contribution in [3.05, 3.63) is 51.5 Å². The highest BCUT2D eigenvalue weighted by molar-refractivity contribution is 9.10. The lowest BCUT2D eigenvalue weighted by atomic mass is 10.2. The fourth-order valence-corrected chi connectivity index (χ4v) is 2.23. The third kappa shape index (κ3) is 2.73. The van der Waals surface area contributed by atoms with Crippen LogP contribution in [0.4, 0.5) is 4.39 Å². The van der Waals surface area contributed by atoms with E-state index >= 15 is 0 Å². The van der Waals surface area contributed by atoms with Crippen molar-refractivity contribution in [1.29, 1.82) is 0 Å². The van der Waals surface area contributed by atoms with Crippen LogP contribution in [0.5, 0.6) is 0 Å². The van der Waals surface area contributed by atoms with E-state index in [1.807, 2.05) is 17.7 Å². The molecule has 0 fully saturated rings. The summed E-state index contributed by atoms with van der Waals surface area (Å²) in [6, 6.07) is 4.82. The molecule has 0 unspecified atom stereocenters. The van der Waals surface area contributed by atoms with Gasteiger partial charge in [0.1, 0.15) is 5.82 Å². The molecule has 0 aliphatic rings. The molecule has 17 heavy (non-hydrogen) atoms. The lowest BCUT2D eigenvalue weighted by Crippen LogP contribution is -2.05. The average molecular weight is 298 g/mol.